The summed E-state index contributed by atoms with van der Waals surface area (Å²) in [6.07, 6.45) is 4.74. The van der Waals surface area contributed by atoms with Gasteiger partial charge in [-0.1, -0.05) is 125 Å². The lowest BCUT2D eigenvalue weighted by molar-refractivity contribution is 0.332. The van der Waals surface area contributed by atoms with Crippen LogP contribution < -0.4 is 26.2 Å². The maximum Gasteiger partial charge on any atom is 0.252 e. The third-order valence-corrected chi connectivity index (χ3v) is 15.8. The highest BCUT2D eigenvalue weighted by Crippen LogP contribution is 2.53. The first-order valence-corrected chi connectivity index (χ1v) is 22.9. The fourth-order valence-electron chi connectivity index (χ4n) is 11.9. The van der Waals surface area contributed by atoms with Crippen molar-refractivity contribution in [1.82, 2.24) is 0 Å². The normalized spacial score (nSPS) is 19.0. The van der Waals surface area contributed by atoms with Crippen LogP contribution in [-0.2, 0) is 27.1 Å². The molecule has 0 saturated carbocycles. The maximum absolute atomic E-state index is 6.58. The summed E-state index contributed by atoms with van der Waals surface area (Å²) in [5.41, 5.74) is 22.5. The van der Waals surface area contributed by atoms with E-state index < -0.39 is 0 Å². The maximum atomic E-state index is 6.58. The molecule has 4 heteroatoms. The van der Waals surface area contributed by atoms with E-state index in [-0.39, 0.29) is 33.8 Å². The van der Waals surface area contributed by atoms with Crippen molar-refractivity contribution >= 4 is 79.2 Å². The number of anilines is 6. The van der Waals surface area contributed by atoms with Gasteiger partial charge in [-0.2, -0.15) is 0 Å². The van der Waals surface area contributed by atoms with Crippen molar-refractivity contribution in [3.05, 3.63) is 137 Å². The van der Waals surface area contributed by atoms with Crippen LogP contribution in [0.5, 0.6) is 0 Å². The van der Waals surface area contributed by atoms with Gasteiger partial charge in [0, 0.05) is 33.8 Å². The van der Waals surface area contributed by atoms with Gasteiger partial charge in [-0.25, -0.2) is 0 Å². The fourth-order valence-corrected chi connectivity index (χ4v) is 11.9. The number of aryl methyl sites for hydroxylation is 1. The van der Waals surface area contributed by atoms with Gasteiger partial charge >= 0.3 is 0 Å². The minimum absolute atomic E-state index is 0.0217. The van der Waals surface area contributed by atoms with Gasteiger partial charge in [0.25, 0.3) is 6.71 Å². The second-order valence-electron chi connectivity index (χ2n) is 22.8. The highest BCUT2D eigenvalue weighted by Gasteiger charge is 2.47. The largest absolute Gasteiger partial charge is 0.456 e. The molecule has 2 aliphatic carbocycles. The molecule has 0 saturated heterocycles. The molecule has 0 amide bonds. The molecular formula is C57H61BN2O. The molecule has 0 spiro atoms. The Kier molecular flexibility index (Phi) is 7.90. The minimum Gasteiger partial charge on any atom is -0.456 e. The van der Waals surface area contributed by atoms with Gasteiger partial charge in [-0.3, -0.25) is 0 Å². The predicted molar refractivity (Wildman–Crippen MR) is 262 cm³/mol. The lowest BCUT2D eigenvalue weighted by Gasteiger charge is -2.48. The Hall–Kier alpha value is -5.22. The number of para-hydroxylation sites is 1. The Morgan fingerprint density at radius 3 is 1.79 bits per heavy atom. The van der Waals surface area contributed by atoms with E-state index >= 15 is 0 Å². The first-order valence-electron chi connectivity index (χ1n) is 22.9. The highest BCUT2D eigenvalue weighted by atomic mass is 16.3. The Bertz CT molecular complexity index is 3010. The highest BCUT2D eigenvalue weighted by molar-refractivity contribution is 7.00. The lowest BCUT2D eigenvalue weighted by atomic mass is 9.33. The van der Waals surface area contributed by atoms with Crippen LogP contribution in [0.4, 0.5) is 34.1 Å². The van der Waals surface area contributed by atoms with E-state index in [9.17, 15) is 0 Å². The van der Waals surface area contributed by atoms with E-state index in [0.29, 0.717) is 0 Å². The molecule has 61 heavy (non-hydrogen) atoms. The van der Waals surface area contributed by atoms with Gasteiger partial charge in [0.05, 0.1) is 11.1 Å². The van der Waals surface area contributed by atoms with Crippen molar-refractivity contribution < 1.29 is 4.42 Å². The van der Waals surface area contributed by atoms with Gasteiger partial charge in [0.15, 0.2) is 0 Å². The number of hydrogen-bond donors (Lipinski definition) is 0. The molecule has 0 N–H and O–H groups in total. The minimum atomic E-state index is -0.0217. The molecule has 4 aliphatic rings. The number of fused-ring (bicyclic) bond motifs is 9. The van der Waals surface area contributed by atoms with Gasteiger partial charge in [0.1, 0.15) is 11.2 Å². The smallest absolute Gasteiger partial charge is 0.252 e. The first kappa shape index (κ1) is 38.7. The van der Waals surface area contributed by atoms with Crippen LogP contribution in [-0.4, -0.2) is 6.71 Å². The fraction of sp³-hybridized carbons (Fsp3) is 0.368. The van der Waals surface area contributed by atoms with Crippen molar-refractivity contribution in [3.8, 4) is 0 Å². The van der Waals surface area contributed by atoms with E-state index in [0.717, 1.165) is 27.6 Å². The second-order valence-corrected chi connectivity index (χ2v) is 22.8. The van der Waals surface area contributed by atoms with E-state index in [4.69, 9.17) is 4.42 Å². The Morgan fingerprint density at radius 1 is 0.508 bits per heavy atom. The summed E-state index contributed by atoms with van der Waals surface area (Å²) >= 11 is 0. The van der Waals surface area contributed by atoms with E-state index in [1.54, 1.807) is 0 Å². The molecule has 0 atom stereocenters. The Morgan fingerprint density at radius 2 is 1.10 bits per heavy atom. The molecule has 7 aromatic rings. The molecule has 0 radical (unpaired) electrons. The Balaban J connectivity index is 1.28. The van der Waals surface area contributed by atoms with Crippen LogP contribution in [0.2, 0.25) is 0 Å². The van der Waals surface area contributed by atoms with Crippen LogP contribution in [0.25, 0.3) is 21.9 Å². The third-order valence-electron chi connectivity index (χ3n) is 15.8. The lowest BCUT2D eigenvalue weighted by Crippen LogP contribution is -2.62. The zero-order valence-corrected chi connectivity index (χ0v) is 38.5. The van der Waals surface area contributed by atoms with E-state index in [2.05, 4.69) is 196 Å². The van der Waals surface area contributed by atoms with E-state index in [1.807, 2.05) is 0 Å². The molecule has 11 rings (SSSR count). The molecular weight excluding hydrogens is 739 g/mol. The van der Waals surface area contributed by atoms with Crippen LogP contribution in [0.3, 0.4) is 0 Å². The van der Waals surface area contributed by atoms with Crippen molar-refractivity contribution in [3.63, 3.8) is 0 Å². The average Bonchev–Trinajstić information content (AvgIpc) is 3.59. The monoisotopic (exact) mass is 800 g/mol. The molecule has 0 fully saturated rings. The number of benzene rings is 6. The van der Waals surface area contributed by atoms with Gasteiger partial charge in [-0.05, 0) is 164 Å². The van der Waals surface area contributed by atoms with Crippen molar-refractivity contribution in [2.24, 2.45) is 0 Å². The molecule has 6 aromatic carbocycles. The summed E-state index contributed by atoms with van der Waals surface area (Å²) < 4.78 is 6.58. The van der Waals surface area contributed by atoms with Gasteiger partial charge < -0.3 is 14.2 Å². The molecule has 1 aromatic heterocycles. The van der Waals surface area contributed by atoms with Crippen molar-refractivity contribution in [2.75, 3.05) is 9.80 Å². The predicted octanol–water partition coefficient (Wildman–Crippen LogP) is 14.0. The molecule has 0 bridgehead atoms. The SMILES string of the molecule is Cc1cc2c3c(c1)N(c1cccc4oc5ccccc5c14)c1ccc(C(C)(C)C)cc1B3c1cc3c(cc1N2c1ccc2c(c1)C(C)(C)CCC2(C)C)C(C)(C)CCC3(C)C. The van der Waals surface area contributed by atoms with Gasteiger partial charge in [0.2, 0.25) is 0 Å². The summed E-state index contributed by atoms with van der Waals surface area (Å²) in [5, 5.41) is 2.30. The molecule has 3 heterocycles. The summed E-state index contributed by atoms with van der Waals surface area (Å²) in [7, 11) is 0. The zero-order chi connectivity index (χ0) is 42.8. The third kappa shape index (κ3) is 5.55. The molecule has 3 nitrogen and oxygen atoms in total. The second kappa shape index (κ2) is 12.5. The number of hydrogen-bond acceptors (Lipinski definition) is 3. The van der Waals surface area contributed by atoms with Gasteiger partial charge in [-0.15, -0.1) is 0 Å². The number of rotatable bonds is 2. The summed E-state index contributed by atoms with van der Waals surface area (Å²) in [6.45, 7) is 29.1. The van der Waals surface area contributed by atoms with Crippen molar-refractivity contribution in [1.29, 1.82) is 0 Å². The molecule has 2 aliphatic heterocycles. The Labute approximate surface area is 364 Å². The van der Waals surface area contributed by atoms with Crippen LogP contribution >= 0.6 is 0 Å². The summed E-state index contributed by atoms with van der Waals surface area (Å²) in [5.74, 6) is 0. The van der Waals surface area contributed by atoms with Crippen LogP contribution in [0.15, 0.2) is 108 Å². The van der Waals surface area contributed by atoms with Crippen LogP contribution in [0.1, 0.15) is 135 Å². The molecule has 308 valence electrons. The average molecular weight is 801 g/mol. The van der Waals surface area contributed by atoms with Crippen LogP contribution in [0, 0.1) is 6.92 Å². The molecule has 0 unspecified atom stereocenters. The number of furan rings is 1. The number of nitrogens with zero attached hydrogens (tertiary/aromatic N) is 2. The topological polar surface area (TPSA) is 19.6 Å². The first-order chi connectivity index (χ1) is 28.7. The zero-order valence-electron chi connectivity index (χ0n) is 38.5. The summed E-state index contributed by atoms with van der Waals surface area (Å²) in [4.78, 5) is 5.26. The van der Waals surface area contributed by atoms with Crippen molar-refractivity contribution in [2.45, 2.75) is 136 Å². The summed E-state index contributed by atoms with van der Waals surface area (Å²) in [6, 6.07) is 40.3. The van der Waals surface area contributed by atoms with E-state index in [1.165, 1.54) is 104 Å². The quantitative estimate of drug-likeness (QED) is 0.162. The standard InChI is InChI=1S/C57H61BN2O/c1-34-28-47-52-48(29-34)60(45-17-15-19-50-51(45)37-16-13-14-18-49(37)61-50)44-23-20-35(53(2,3)4)30-42(44)58(52)43-32-40-41(57(11,12)27-26-56(40,9)10)33-46(43)59(47)36-21-22-38-39(31-36)55(7,8)25-24-54(38,5)6/h13-23,28-33H,24-27H2,1-12H3.